The Morgan fingerprint density at radius 2 is 1.73 bits per heavy atom. The number of carbonyl (C=O) groups is 2. The molecule has 0 aliphatic carbocycles. The first-order chi connectivity index (χ1) is 15.9. The normalized spacial score (nSPS) is 10.7. The number of nitrogens with zero attached hydrogens (tertiary/aromatic N) is 1. The summed E-state index contributed by atoms with van der Waals surface area (Å²) in [6.45, 7) is 3.64. The van der Waals surface area contributed by atoms with Gasteiger partial charge in [-0.05, 0) is 66.9 Å². The zero-order valence-corrected chi connectivity index (χ0v) is 18.4. The van der Waals surface area contributed by atoms with Crippen molar-refractivity contribution in [2.24, 2.45) is 5.10 Å². The third-order valence-electron chi connectivity index (χ3n) is 4.61. The van der Waals surface area contributed by atoms with Crippen molar-refractivity contribution in [3.8, 4) is 17.2 Å². The van der Waals surface area contributed by atoms with E-state index in [0.29, 0.717) is 11.3 Å². The van der Waals surface area contributed by atoms with Crippen LogP contribution in [0.15, 0.2) is 65.8 Å². The topological polar surface area (TPSA) is 86.2 Å². The summed E-state index contributed by atoms with van der Waals surface area (Å²) in [5.41, 5.74) is 4.95. The van der Waals surface area contributed by atoms with Crippen molar-refractivity contribution in [1.82, 2.24) is 5.43 Å². The van der Waals surface area contributed by atoms with Gasteiger partial charge in [-0.1, -0.05) is 24.3 Å². The molecule has 0 fully saturated rings. The number of hydrazone groups is 1. The van der Waals surface area contributed by atoms with Crippen LogP contribution >= 0.6 is 0 Å². The SMILES string of the molecule is COc1cc(C=NNC(=O)COc2c(C)cccc2C)ccc1OC(=O)c1cccc(F)c1. The number of rotatable bonds is 8. The largest absolute Gasteiger partial charge is 0.493 e. The molecule has 33 heavy (non-hydrogen) atoms. The van der Waals surface area contributed by atoms with E-state index in [-0.39, 0.29) is 23.7 Å². The van der Waals surface area contributed by atoms with Crippen molar-refractivity contribution in [2.45, 2.75) is 13.8 Å². The first kappa shape index (κ1) is 23.5. The van der Waals surface area contributed by atoms with Gasteiger partial charge in [-0.25, -0.2) is 14.6 Å². The molecule has 7 nitrogen and oxygen atoms in total. The average Bonchev–Trinajstić information content (AvgIpc) is 2.79. The number of hydrogen-bond acceptors (Lipinski definition) is 6. The Balaban J connectivity index is 1.58. The van der Waals surface area contributed by atoms with Gasteiger partial charge in [0.25, 0.3) is 5.91 Å². The second-order valence-electron chi connectivity index (χ2n) is 7.11. The number of methoxy groups -OCH3 is 1. The second kappa shape index (κ2) is 10.9. The fourth-order valence-electron chi connectivity index (χ4n) is 3.00. The molecule has 1 N–H and O–H groups in total. The maximum Gasteiger partial charge on any atom is 0.343 e. The van der Waals surface area contributed by atoms with Gasteiger partial charge in [0.15, 0.2) is 18.1 Å². The zero-order valence-electron chi connectivity index (χ0n) is 18.4. The summed E-state index contributed by atoms with van der Waals surface area (Å²) < 4.78 is 29.5. The van der Waals surface area contributed by atoms with Crippen molar-refractivity contribution < 1.29 is 28.2 Å². The van der Waals surface area contributed by atoms with Gasteiger partial charge >= 0.3 is 5.97 Å². The first-order valence-electron chi connectivity index (χ1n) is 10.0. The van der Waals surface area contributed by atoms with Gasteiger partial charge in [0, 0.05) is 0 Å². The molecular formula is C25H23FN2O5. The Labute approximate surface area is 190 Å². The Hall–Kier alpha value is -4.20. The Morgan fingerprint density at radius 3 is 2.42 bits per heavy atom. The molecule has 0 saturated carbocycles. The lowest BCUT2D eigenvalue weighted by Crippen LogP contribution is -2.25. The predicted molar refractivity (Wildman–Crippen MR) is 122 cm³/mol. The minimum atomic E-state index is -0.717. The van der Waals surface area contributed by atoms with Crippen LogP contribution in [0.1, 0.15) is 27.0 Å². The molecule has 170 valence electrons. The highest BCUT2D eigenvalue weighted by Crippen LogP contribution is 2.28. The van der Waals surface area contributed by atoms with E-state index in [4.69, 9.17) is 14.2 Å². The number of para-hydroxylation sites is 1. The average molecular weight is 450 g/mol. The molecule has 3 aromatic carbocycles. The molecule has 1 amide bonds. The maximum absolute atomic E-state index is 13.3. The van der Waals surface area contributed by atoms with Crippen LogP contribution in [0.25, 0.3) is 0 Å². The van der Waals surface area contributed by atoms with Crippen molar-refractivity contribution in [3.63, 3.8) is 0 Å². The van der Waals surface area contributed by atoms with E-state index in [1.165, 1.54) is 37.6 Å². The number of hydrogen-bond donors (Lipinski definition) is 1. The summed E-state index contributed by atoms with van der Waals surface area (Å²) in [6, 6.07) is 15.7. The molecule has 3 rings (SSSR count). The number of halogens is 1. The van der Waals surface area contributed by atoms with Crippen LogP contribution in [0.2, 0.25) is 0 Å². The fourth-order valence-corrected chi connectivity index (χ4v) is 3.00. The van der Waals surface area contributed by atoms with Crippen LogP contribution in [0, 0.1) is 19.7 Å². The summed E-state index contributed by atoms with van der Waals surface area (Å²) in [4.78, 5) is 24.3. The van der Waals surface area contributed by atoms with Gasteiger partial charge in [0.1, 0.15) is 11.6 Å². The minimum absolute atomic E-state index is 0.0773. The summed E-state index contributed by atoms with van der Waals surface area (Å²) in [7, 11) is 1.42. The monoisotopic (exact) mass is 450 g/mol. The molecule has 0 heterocycles. The lowest BCUT2D eigenvalue weighted by Gasteiger charge is -2.11. The molecule has 0 spiro atoms. The van der Waals surface area contributed by atoms with Crippen molar-refractivity contribution in [1.29, 1.82) is 0 Å². The molecular weight excluding hydrogens is 427 g/mol. The van der Waals surface area contributed by atoms with Gasteiger partial charge in [-0.2, -0.15) is 5.10 Å². The number of esters is 1. The number of amides is 1. The van der Waals surface area contributed by atoms with Gasteiger partial charge in [-0.15, -0.1) is 0 Å². The Kier molecular flexibility index (Phi) is 7.75. The van der Waals surface area contributed by atoms with Gasteiger partial charge < -0.3 is 14.2 Å². The smallest absolute Gasteiger partial charge is 0.343 e. The van der Waals surface area contributed by atoms with Crippen molar-refractivity contribution >= 4 is 18.1 Å². The molecule has 0 saturated heterocycles. The third kappa shape index (κ3) is 6.39. The third-order valence-corrected chi connectivity index (χ3v) is 4.61. The van der Waals surface area contributed by atoms with Crippen LogP contribution < -0.4 is 19.6 Å². The standard InChI is InChI=1S/C25H23FN2O5/c1-16-6-4-7-17(2)24(16)32-15-23(29)28-27-14-18-10-11-21(22(12-18)31-3)33-25(30)19-8-5-9-20(26)13-19/h4-14H,15H2,1-3H3,(H,28,29). The minimum Gasteiger partial charge on any atom is -0.493 e. The van der Waals surface area contributed by atoms with E-state index < -0.39 is 17.7 Å². The summed E-state index contributed by atoms with van der Waals surface area (Å²) in [5.74, 6) is -0.565. The number of nitrogens with one attached hydrogen (secondary N) is 1. The first-order valence-corrected chi connectivity index (χ1v) is 10.0. The molecule has 0 aliphatic rings. The highest BCUT2D eigenvalue weighted by Gasteiger charge is 2.13. The number of aryl methyl sites for hydroxylation is 2. The Morgan fingerprint density at radius 1 is 1.00 bits per heavy atom. The summed E-state index contributed by atoms with van der Waals surface area (Å²) in [6.07, 6.45) is 1.41. The van der Waals surface area contributed by atoms with Crippen LogP contribution in [0.3, 0.4) is 0 Å². The lowest BCUT2D eigenvalue weighted by molar-refractivity contribution is -0.123. The molecule has 0 radical (unpaired) electrons. The van der Waals surface area contributed by atoms with Crippen LogP contribution in [0.4, 0.5) is 4.39 Å². The molecule has 0 unspecified atom stereocenters. The molecule has 3 aromatic rings. The van der Waals surface area contributed by atoms with Crippen molar-refractivity contribution in [3.05, 3.63) is 88.7 Å². The molecule has 0 atom stereocenters. The summed E-state index contributed by atoms with van der Waals surface area (Å²) >= 11 is 0. The van der Waals surface area contributed by atoms with E-state index in [2.05, 4.69) is 10.5 Å². The fraction of sp³-hybridized carbons (Fsp3) is 0.160. The van der Waals surface area contributed by atoms with Gasteiger partial charge in [0.2, 0.25) is 0 Å². The van der Waals surface area contributed by atoms with Gasteiger partial charge in [0.05, 0.1) is 18.9 Å². The number of benzene rings is 3. The van der Waals surface area contributed by atoms with E-state index in [9.17, 15) is 14.0 Å². The number of carbonyl (C=O) groups excluding carboxylic acids is 2. The highest BCUT2D eigenvalue weighted by atomic mass is 19.1. The number of ether oxygens (including phenoxy) is 3. The van der Waals surface area contributed by atoms with E-state index >= 15 is 0 Å². The van der Waals surface area contributed by atoms with E-state index in [1.807, 2.05) is 32.0 Å². The van der Waals surface area contributed by atoms with E-state index in [0.717, 1.165) is 17.2 Å². The quantitative estimate of drug-likeness (QED) is 0.241. The Bertz CT molecular complexity index is 1170. The van der Waals surface area contributed by atoms with E-state index in [1.54, 1.807) is 12.1 Å². The van der Waals surface area contributed by atoms with Crippen LogP contribution in [-0.2, 0) is 4.79 Å². The molecule has 0 aromatic heterocycles. The maximum atomic E-state index is 13.3. The van der Waals surface area contributed by atoms with Crippen molar-refractivity contribution in [2.75, 3.05) is 13.7 Å². The zero-order chi connectivity index (χ0) is 23.8. The predicted octanol–water partition coefficient (Wildman–Crippen LogP) is 4.20. The molecule has 0 aliphatic heterocycles. The highest BCUT2D eigenvalue weighted by molar-refractivity contribution is 5.91. The molecule has 0 bridgehead atoms. The van der Waals surface area contributed by atoms with Crippen LogP contribution in [0.5, 0.6) is 17.2 Å². The van der Waals surface area contributed by atoms with Crippen LogP contribution in [-0.4, -0.2) is 31.8 Å². The lowest BCUT2D eigenvalue weighted by atomic mass is 10.1. The summed E-state index contributed by atoms with van der Waals surface area (Å²) in [5, 5.41) is 3.91. The second-order valence-corrected chi connectivity index (χ2v) is 7.11. The van der Waals surface area contributed by atoms with Gasteiger partial charge in [-0.3, -0.25) is 4.79 Å². The molecule has 8 heteroatoms.